The van der Waals surface area contributed by atoms with E-state index in [0.717, 1.165) is 12.8 Å². The molecule has 0 bridgehead atoms. The molecule has 1 heterocycles. The number of carboxylic acid groups (broad SMARTS) is 1. The number of hydrogen-bond donors (Lipinski definition) is 1. The molecule has 1 N–H and O–H groups in total. The lowest BCUT2D eigenvalue weighted by molar-refractivity contribution is -0.488. The van der Waals surface area contributed by atoms with E-state index in [2.05, 4.69) is 0 Å². The predicted molar refractivity (Wildman–Crippen MR) is 183 cm³/mol. The summed E-state index contributed by atoms with van der Waals surface area (Å²) < 4.78 is 0. The van der Waals surface area contributed by atoms with Gasteiger partial charge in [-0.3, -0.25) is 19.5 Å². The van der Waals surface area contributed by atoms with Gasteiger partial charge in [0.15, 0.2) is 5.60 Å². The van der Waals surface area contributed by atoms with Gasteiger partial charge in [0.05, 0.1) is 17.8 Å². The number of unbranched alkanes of at least 4 members (excludes halogenated alkanes) is 1. The van der Waals surface area contributed by atoms with Crippen molar-refractivity contribution in [2.75, 3.05) is 0 Å². The van der Waals surface area contributed by atoms with E-state index < -0.39 is 64.2 Å². The maximum absolute atomic E-state index is 13.3. The molecule has 50 heavy (non-hydrogen) atoms. The third kappa shape index (κ3) is 11.9. The van der Waals surface area contributed by atoms with Crippen LogP contribution in [0.15, 0.2) is 0 Å². The predicted octanol–water partition coefficient (Wildman–Crippen LogP) is 8.58. The minimum atomic E-state index is -1.93. The number of carbonyl (C=O) groups excluding carboxylic acids is 3. The van der Waals surface area contributed by atoms with Gasteiger partial charge in [0, 0.05) is 12.8 Å². The standard InChI is InChI=1S/C37H66O13/c1-13-19-20-29(18-6)32(40)43-46-35(12,23-25(7)8)37(49-50-37)34(11,33(41)42)21-22-36(24-26(9)10,47-44-30(38)27(14-2)15-3)48-45-31(39)28(16-4)17-5/h25-29H,13-24H2,1-12H3,(H,41,42). The van der Waals surface area contributed by atoms with E-state index in [-0.39, 0.29) is 37.5 Å². The van der Waals surface area contributed by atoms with Crippen LogP contribution in [0, 0.1) is 35.0 Å². The molecule has 3 atom stereocenters. The molecule has 0 aromatic carbocycles. The minimum absolute atomic E-state index is 0.0529. The Morgan fingerprint density at radius 3 is 1.42 bits per heavy atom. The van der Waals surface area contributed by atoms with Crippen molar-refractivity contribution >= 4 is 23.9 Å². The molecule has 0 amide bonds. The van der Waals surface area contributed by atoms with Crippen LogP contribution in [0.4, 0.5) is 0 Å². The molecule has 1 aliphatic heterocycles. The molecule has 0 saturated carbocycles. The molecule has 292 valence electrons. The first-order chi connectivity index (χ1) is 23.4. The number of aliphatic carboxylic acids is 1. The van der Waals surface area contributed by atoms with Gasteiger partial charge in [0.25, 0.3) is 11.6 Å². The van der Waals surface area contributed by atoms with Gasteiger partial charge in [0.2, 0.25) is 0 Å². The number of rotatable bonds is 27. The van der Waals surface area contributed by atoms with E-state index in [1.54, 1.807) is 6.92 Å². The van der Waals surface area contributed by atoms with Crippen LogP contribution in [-0.2, 0) is 58.3 Å². The third-order valence-corrected chi connectivity index (χ3v) is 9.90. The summed E-state index contributed by atoms with van der Waals surface area (Å²) in [6.45, 7) is 21.9. The van der Waals surface area contributed by atoms with Gasteiger partial charge in [-0.2, -0.15) is 14.7 Å². The van der Waals surface area contributed by atoms with Crippen molar-refractivity contribution in [3.05, 3.63) is 0 Å². The second kappa shape index (κ2) is 20.7. The van der Waals surface area contributed by atoms with Crippen LogP contribution in [0.2, 0.25) is 0 Å². The fourth-order valence-electron chi connectivity index (χ4n) is 6.48. The van der Waals surface area contributed by atoms with Gasteiger partial charge < -0.3 is 5.11 Å². The zero-order valence-corrected chi connectivity index (χ0v) is 32.7. The Kier molecular flexibility index (Phi) is 18.9. The molecule has 0 aromatic heterocycles. The summed E-state index contributed by atoms with van der Waals surface area (Å²) in [5, 5.41) is 10.8. The Morgan fingerprint density at radius 2 is 1.06 bits per heavy atom. The van der Waals surface area contributed by atoms with Crippen LogP contribution < -0.4 is 0 Å². The van der Waals surface area contributed by atoms with E-state index >= 15 is 0 Å². The van der Waals surface area contributed by atoms with Crippen molar-refractivity contribution in [1.29, 1.82) is 0 Å². The van der Waals surface area contributed by atoms with Gasteiger partial charge in [-0.1, -0.05) is 82.1 Å². The normalized spacial score (nSPS) is 17.4. The fraction of sp³-hybridized carbons (Fsp3) is 0.892. The van der Waals surface area contributed by atoms with Gasteiger partial charge in [-0.15, -0.1) is 9.78 Å². The highest BCUT2D eigenvalue weighted by Crippen LogP contribution is 2.59. The van der Waals surface area contributed by atoms with Crippen molar-refractivity contribution < 1.29 is 63.4 Å². The van der Waals surface area contributed by atoms with Crippen LogP contribution >= 0.6 is 0 Å². The summed E-state index contributed by atoms with van der Waals surface area (Å²) in [6, 6.07) is 0. The summed E-state index contributed by atoms with van der Waals surface area (Å²) in [4.78, 5) is 96.9. The maximum atomic E-state index is 13.3. The second-order valence-electron chi connectivity index (χ2n) is 15.0. The maximum Gasteiger partial charge on any atom is 0.345 e. The van der Waals surface area contributed by atoms with Crippen molar-refractivity contribution in [3.8, 4) is 0 Å². The average molecular weight is 719 g/mol. The number of carboxylic acids is 1. The Morgan fingerprint density at radius 1 is 0.640 bits per heavy atom. The molecular weight excluding hydrogens is 652 g/mol. The van der Waals surface area contributed by atoms with Crippen LogP contribution in [0.25, 0.3) is 0 Å². The minimum Gasteiger partial charge on any atom is -0.481 e. The SMILES string of the molecule is CCCCC(CC)C(=O)OOC(C)(CC(C)C)C1(C(C)(CCC(CC(C)C)(OOC(=O)C(CC)CC)OOC(=O)C(CC)CC)C(=O)O)OO1. The van der Waals surface area contributed by atoms with Crippen LogP contribution in [0.3, 0.4) is 0 Å². The van der Waals surface area contributed by atoms with E-state index in [9.17, 15) is 24.3 Å². The summed E-state index contributed by atoms with van der Waals surface area (Å²) in [5.74, 6) is -8.47. The van der Waals surface area contributed by atoms with Crippen LogP contribution in [-0.4, -0.2) is 46.2 Å². The Hall–Kier alpha value is -2.32. The lowest BCUT2D eigenvalue weighted by atomic mass is 9.68. The van der Waals surface area contributed by atoms with E-state index in [0.29, 0.717) is 38.5 Å². The monoisotopic (exact) mass is 718 g/mol. The second-order valence-corrected chi connectivity index (χ2v) is 15.0. The van der Waals surface area contributed by atoms with E-state index in [1.807, 2.05) is 69.2 Å². The summed E-state index contributed by atoms with van der Waals surface area (Å²) in [5.41, 5.74) is -3.47. The van der Waals surface area contributed by atoms with Crippen molar-refractivity contribution in [2.24, 2.45) is 35.0 Å². The molecular formula is C37H66O13. The summed E-state index contributed by atoms with van der Waals surface area (Å²) in [7, 11) is 0. The van der Waals surface area contributed by atoms with Crippen molar-refractivity contribution in [2.45, 2.75) is 177 Å². The molecule has 0 radical (unpaired) electrons. The smallest absolute Gasteiger partial charge is 0.345 e. The Labute approximate surface area is 299 Å². The van der Waals surface area contributed by atoms with Crippen molar-refractivity contribution in [1.82, 2.24) is 0 Å². The zero-order valence-electron chi connectivity index (χ0n) is 32.7. The van der Waals surface area contributed by atoms with Gasteiger partial charge in [-0.05, 0) is 77.0 Å². The van der Waals surface area contributed by atoms with Crippen LogP contribution in [0.1, 0.15) is 160 Å². The molecule has 13 heteroatoms. The lowest BCUT2D eigenvalue weighted by Crippen LogP contribution is -2.59. The van der Waals surface area contributed by atoms with Crippen molar-refractivity contribution in [3.63, 3.8) is 0 Å². The topological polar surface area (TPSA) is 169 Å². The fourth-order valence-corrected chi connectivity index (χ4v) is 6.48. The highest BCUT2D eigenvalue weighted by atomic mass is 17.4. The molecule has 3 unspecified atom stereocenters. The Balaban J connectivity index is 3.59. The molecule has 0 spiro atoms. The molecule has 0 aliphatic carbocycles. The van der Waals surface area contributed by atoms with Gasteiger partial charge >= 0.3 is 23.9 Å². The van der Waals surface area contributed by atoms with E-state index in [1.165, 1.54) is 6.92 Å². The molecule has 13 nitrogen and oxygen atoms in total. The first-order valence-corrected chi connectivity index (χ1v) is 18.7. The highest BCUT2D eigenvalue weighted by molar-refractivity contribution is 5.76. The molecule has 1 aliphatic rings. The first-order valence-electron chi connectivity index (χ1n) is 18.7. The van der Waals surface area contributed by atoms with Gasteiger partial charge in [0.1, 0.15) is 5.41 Å². The third-order valence-electron chi connectivity index (χ3n) is 9.90. The largest absolute Gasteiger partial charge is 0.481 e. The molecule has 1 saturated heterocycles. The zero-order chi connectivity index (χ0) is 38.3. The summed E-state index contributed by atoms with van der Waals surface area (Å²) in [6.07, 6.45) is 4.69. The Bertz CT molecular complexity index is 1040. The van der Waals surface area contributed by atoms with Crippen LogP contribution in [0.5, 0.6) is 0 Å². The first kappa shape index (κ1) is 45.7. The van der Waals surface area contributed by atoms with Gasteiger partial charge in [-0.25, -0.2) is 14.4 Å². The molecule has 0 aromatic rings. The number of hydrogen-bond acceptors (Lipinski definition) is 12. The lowest BCUT2D eigenvalue weighted by Gasteiger charge is -2.41. The number of carbonyl (C=O) groups is 4. The quantitative estimate of drug-likeness (QED) is 0.0371. The molecule has 1 fully saturated rings. The highest BCUT2D eigenvalue weighted by Gasteiger charge is 2.78. The molecule has 1 rings (SSSR count). The summed E-state index contributed by atoms with van der Waals surface area (Å²) >= 11 is 0. The average Bonchev–Trinajstić information content (AvgIpc) is 3.88. The van der Waals surface area contributed by atoms with E-state index in [4.69, 9.17) is 39.1 Å².